The van der Waals surface area contributed by atoms with E-state index in [0.29, 0.717) is 32.5 Å². The lowest BCUT2D eigenvalue weighted by Gasteiger charge is -2.33. The van der Waals surface area contributed by atoms with Gasteiger partial charge in [-0.25, -0.2) is 8.42 Å². The first-order valence-corrected chi connectivity index (χ1v) is 11.5. The van der Waals surface area contributed by atoms with Gasteiger partial charge in [-0.2, -0.15) is 4.31 Å². The van der Waals surface area contributed by atoms with Gasteiger partial charge in [0.15, 0.2) is 0 Å². The average molecular weight is 405 g/mol. The largest absolute Gasteiger partial charge is 0.491 e. The molecule has 2 aromatic carbocycles. The third-order valence-electron chi connectivity index (χ3n) is 4.98. The van der Waals surface area contributed by atoms with Crippen molar-refractivity contribution >= 4 is 26.7 Å². The summed E-state index contributed by atoms with van der Waals surface area (Å²) < 4.78 is 32.2. The van der Waals surface area contributed by atoms with E-state index in [4.69, 9.17) is 4.74 Å². The monoisotopic (exact) mass is 404 g/mol. The molecular weight excluding hydrogens is 376 g/mol. The first-order chi connectivity index (χ1) is 13.5. The number of hydrogen-bond acceptors (Lipinski definition) is 4. The lowest BCUT2D eigenvalue weighted by Crippen LogP contribution is -2.52. The first-order valence-electron chi connectivity index (χ1n) is 9.90. The van der Waals surface area contributed by atoms with Gasteiger partial charge in [-0.1, -0.05) is 49.7 Å². The number of piperidine rings is 1. The number of nitrogens with zero attached hydrogens (tertiary/aromatic N) is 1. The summed E-state index contributed by atoms with van der Waals surface area (Å²) in [7, 11) is -3.38. The standard InChI is InChI=1S/C21H28N2O4S/c1-2-16-28(25,26)23-14-6-5-11-19(23)21(24)22-13-15-27-20-12-7-9-17-8-3-4-10-18(17)20/h3-4,7-10,12,19H,2,5-6,11,13-16H2,1H3,(H,22,24). The van der Waals surface area contributed by atoms with E-state index < -0.39 is 16.1 Å². The highest BCUT2D eigenvalue weighted by Crippen LogP contribution is 2.25. The molecule has 0 bridgehead atoms. The van der Waals surface area contributed by atoms with E-state index in [9.17, 15) is 13.2 Å². The first kappa shape index (κ1) is 20.6. The van der Waals surface area contributed by atoms with Gasteiger partial charge in [-0.05, 0) is 30.7 Å². The molecule has 6 nitrogen and oxygen atoms in total. The number of hydrogen-bond donors (Lipinski definition) is 1. The van der Waals surface area contributed by atoms with E-state index in [2.05, 4.69) is 5.32 Å². The zero-order valence-electron chi connectivity index (χ0n) is 16.3. The van der Waals surface area contributed by atoms with Crippen molar-refractivity contribution in [3.05, 3.63) is 42.5 Å². The predicted octanol–water partition coefficient (Wildman–Crippen LogP) is 2.93. The third kappa shape index (κ3) is 4.83. The highest BCUT2D eigenvalue weighted by molar-refractivity contribution is 7.89. The fraction of sp³-hybridized carbons (Fsp3) is 0.476. The molecule has 0 saturated carbocycles. The van der Waals surface area contributed by atoms with Crippen molar-refractivity contribution in [3.63, 3.8) is 0 Å². The van der Waals surface area contributed by atoms with Gasteiger partial charge in [-0.3, -0.25) is 4.79 Å². The highest BCUT2D eigenvalue weighted by Gasteiger charge is 2.35. The Bertz CT molecular complexity index is 908. The minimum absolute atomic E-state index is 0.0843. The maximum Gasteiger partial charge on any atom is 0.238 e. The summed E-state index contributed by atoms with van der Waals surface area (Å²) in [6.07, 6.45) is 2.78. The molecule has 0 aromatic heterocycles. The van der Waals surface area contributed by atoms with Crippen molar-refractivity contribution in [3.8, 4) is 5.75 Å². The van der Waals surface area contributed by atoms with Crippen molar-refractivity contribution in [1.29, 1.82) is 0 Å². The second kappa shape index (κ2) is 9.39. The molecule has 1 unspecified atom stereocenters. The lowest BCUT2D eigenvalue weighted by atomic mass is 10.0. The van der Waals surface area contributed by atoms with Crippen LogP contribution < -0.4 is 10.1 Å². The molecule has 1 saturated heterocycles. The molecule has 1 atom stereocenters. The van der Waals surface area contributed by atoms with Crippen molar-refractivity contribution in [2.75, 3.05) is 25.4 Å². The van der Waals surface area contributed by atoms with Gasteiger partial charge >= 0.3 is 0 Å². The molecule has 2 aromatic rings. The molecule has 0 spiro atoms. The van der Waals surface area contributed by atoms with Crippen LogP contribution in [0.25, 0.3) is 10.8 Å². The normalized spacial score (nSPS) is 18.1. The van der Waals surface area contributed by atoms with E-state index in [0.717, 1.165) is 29.4 Å². The van der Waals surface area contributed by atoms with E-state index in [-0.39, 0.29) is 11.7 Å². The van der Waals surface area contributed by atoms with E-state index >= 15 is 0 Å². The van der Waals surface area contributed by atoms with Gasteiger partial charge in [0, 0.05) is 11.9 Å². The van der Waals surface area contributed by atoms with E-state index in [1.54, 1.807) is 0 Å². The number of benzene rings is 2. The maximum absolute atomic E-state index is 12.6. The molecule has 1 aliphatic heterocycles. The molecule has 152 valence electrons. The maximum atomic E-state index is 12.6. The Morgan fingerprint density at radius 3 is 2.79 bits per heavy atom. The minimum atomic E-state index is -3.38. The average Bonchev–Trinajstić information content (AvgIpc) is 2.71. The van der Waals surface area contributed by atoms with E-state index in [1.165, 1.54) is 4.31 Å². The zero-order chi connectivity index (χ0) is 20.0. The molecule has 1 fully saturated rings. The molecule has 1 N–H and O–H groups in total. The van der Waals surface area contributed by atoms with Crippen LogP contribution in [-0.4, -0.2) is 50.1 Å². The summed E-state index contributed by atoms with van der Waals surface area (Å²) in [5.74, 6) is 0.624. The van der Waals surface area contributed by atoms with Crippen LogP contribution in [0.2, 0.25) is 0 Å². The summed E-state index contributed by atoms with van der Waals surface area (Å²) in [6.45, 7) is 2.92. The van der Waals surface area contributed by atoms with Crippen LogP contribution in [0.15, 0.2) is 42.5 Å². The van der Waals surface area contributed by atoms with Crippen molar-refractivity contribution < 1.29 is 17.9 Å². The Morgan fingerprint density at radius 1 is 1.18 bits per heavy atom. The molecule has 1 heterocycles. The van der Waals surface area contributed by atoms with Crippen molar-refractivity contribution in [1.82, 2.24) is 9.62 Å². The van der Waals surface area contributed by atoms with Gasteiger partial charge in [0.2, 0.25) is 15.9 Å². The number of carbonyl (C=O) groups excluding carboxylic acids is 1. The number of rotatable bonds is 8. The van der Waals surface area contributed by atoms with Crippen molar-refractivity contribution in [2.24, 2.45) is 0 Å². The smallest absolute Gasteiger partial charge is 0.238 e. The number of amides is 1. The topological polar surface area (TPSA) is 75.7 Å². The van der Waals surface area contributed by atoms with Crippen LogP contribution in [0.4, 0.5) is 0 Å². The van der Waals surface area contributed by atoms with E-state index in [1.807, 2.05) is 49.4 Å². The number of fused-ring (bicyclic) bond motifs is 1. The second-order valence-corrected chi connectivity index (χ2v) is 9.10. The Kier molecular flexibility index (Phi) is 6.91. The molecule has 0 radical (unpaired) electrons. The Balaban J connectivity index is 1.56. The Labute approximate surface area is 166 Å². The number of nitrogens with one attached hydrogen (secondary N) is 1. The number of ether oxygens (including phenoxy) is 1. The molecule has 1 amide bonds. The minimum Gasteiger partial charge on any atom is -0.491 e. The zero-order valence-corrected chi connectivity index (χ0v) is 17.1. The molecule has 1 aliphatic rings. The molecule has 28 heavy (non-hydrogen) atoms. The Hall–Kier alpha value is -2.12. The number of sulfonamides is 1. The quantitative estimate of drug-likeness (QED) is 0.687. The highest BCUT2D eigenvalue weighted by atomic mass is 32.2. The third-order valence-corrected chi connectivity index (χ3v) is 7.06. The fourth-order valence-corrected chi connectivity index (χ4v) is 5.40. The summed E-state index contributed by atoms with van der Waals surface area (Å²) in [6, 6.07) is 13.2. The molecule has 0 aliphatic carbocycles. The Morgan fingerprint density at radius 2 is 1.96 bits per heavy atom. The summed E-state index contributed by atoms with van der Waals surface area (Å²) in [5, 5.41) is 4.97. The molecular formula is C21H28N2O4S. The van der Waals surface area contributed by atoms with Crippen LogP contribution >= 0.6 is 0 Å². The van der Waals surface area contributed by atoms with Crippen molar-refractivity contribution in [2.45, 2.75) is 38.6 Å². The number of carbonyl (C=O) groups is 1. The van der Waals surface area contributed by atoms with Gasteiger partial charge in [0.25, 0.3) is 0 Å². The predicted molar refractivity (Wildman–Crippen MR) is 111 cm³/mol. The van der Waals surface area contributed by atoms with Gasteiger partial charge < -0.3 is 10.1 Å². The van der Waals surface area contributed by atoms with Gasteiger partial charge in [0.05, 0.1) is 12.3 Å². The molecule has 7 heteroatoms. The fourth-order valence-electron chi connectivity index (χ4n) is 3.65. The molecule has 3 rings (SSSR count). The summed E-state index contributed by atoms with van der Waals surface area (Å²) in [4.78, 5) is 12.6. The van der Waals surface area contributed by atoms with Crippen LogP contribution in [0.1, 0.15) is 32.6 Å². The second-order valence-electron chi connectivity index (χ2n) is 7.06. The van der Waals surface area contributed by atoms with Crippen LogP contribution in [0.3, 0.4) is 0 Å². The summed E-state index contributed by atoms with van der Waals surface area (Å²) in [5.41, 5.74) is 0. The SMILES string of the molecule is CCCS(=O)(=O)N1CCCCC1C(=O)NCCOc1cccc2ccccc12. The summed E-state index contributed by atoms with van der Waals surface area (Å²) >= 11 is 0. The van der Waals surface area contributed by atoms with Crippen LogP contribution in [0.5, 0.6) is 5.75 Å². The lowest BCUT2D eigenvalue weighted by molar-refractivity contribution is -0.125. The van der Waals surface area contributed by atoms with Crippen LogP contribution in [-0.2, 0) is 14.8 Å². The van der Waals surface area contributed by atoms with Gasteiger partial charge in [-0.15, -0.1) is 0 Å². The van der Waals surface area contributed by atoms with Crippen LogP contribution in [0, 0.1) is 0 Å². The van der Waals surface area contributed by atoms with Gasteiger partial charge in [0.1, 0.15) is 18.4 Å².